The maximum atomic E-state index is 12.8. The topological polar surface area (TPSA) is 76.6 Å². The van der Waals surface area contributed by atoms with E-state index >= 15 is 0 Å². The molecular weight excluding hydrogens is 416 g/mol. The number of aromatic nitrogens is 2. The fourth-order valence-electron chi connectivity index (χ4n) is 4.23. The van der Waals surface area contributed by atoms with Crippen molar-refractivity contribution >= 4 is 17.4 Å². The van der Waals surface area contributed by atoms with Gasteiger partial charge >= 0.3 is 0 Å². The number of ether oxygens (including phenoxy) is 2. The highest BCUT2D eigenvalue weighted by atomic mass is 16.6. The van der Waals surface area contributed by atoms with Crippen LogP contribution in [0, 0.1) is 5.92 Å². The van der Waals surface area contributed by atoms with Crippen molar-refractivity contribution in [2.45, 2.75) is 38.9 Å². The molecule has 0 bridgehead atoms. The zero-order valence-electron chi connectivity index (χ0n) is 18.9. The summed E-state index contributed by atoms with van der Waals surface area (Å²) >= 11 is 0. The first-order chi connectivity index (χ1) is 16.1. The normalized spacial score (nSPS) is 20.4. The van der Waals surface area contributed by atoms with Crippen LogP contribution in [0.25, 0.3) is 11.3 Å². The summed E-state index contributed by atoms with van der Waals surface area (Å²) in [5, 5.41) is 11.8. The van der Waals surface area contributed by atoms with Gasteiger partial charge in [-0.1, -0.05) is 31.2 Å². The molecule has 2 aliphatic heterocycles. The Bertz CT molecular complexity index is 1110. The van der Waals surface area contributed by atoms with E-state index in [1.54, 1.807) is 6.07 Å². The number of nitrogens with one attached hydrogen (secondary N) is 1. The molecule has 2 aromatic carbocycles. The van der Waals surface area contributed by atoms with Gasteiger partial charge in [-0.3, -0.25) is 4.79 Å². The quantitative estimate of drug-likeness (QED) is 0.636. The second kappa shape index (κ2) is 9.10. The van der Waals surface area contributed by atoms with Gasteiger partial charge in [-0.05, 0) is 62.1 Å². The summed E-state index contributed by atoms with van der Waals surface area (Å²) < 4.78 is 11.7. The summed E-state index contributed by atoms with van der Waals surface area (Å²) in [6.45, 7) is 6.19. The number of piperidine rings is 1. The molecule has 2 atom stereocenters. The van der Waals surface area contributed by atoms with E-state index in [1.807, 2.05) is 61.5 Å². The first-order valence-corrected chi connectivity index (χ1v) is 11.5. The lowest BCUT2D eigenvalue weighted by Gasteiger charge is -2.31. The van der Waals surface area contributed by atoms with Crippen LogP contribution in [0.15, 0.2) is 60.7 Å². The number of anilines is 2. The molecule has 7 heteroatoms. The number of amides is 1. The van der Waals surface area contributed by atoms with E-state index in [4.69, 9.17) is 9.47 Å². The second-order valence-electron chi connectivity index (χ2n) is 8.82. The van der Waals surface area contributed by atoms with Gasteiger partial charge in [-0.15, -0.1) is 10.2 Å². The van der Waals surface area contributed by atoms with Crippen LogP contribution in [0.1, 0.15) is 26.7 Å². The van der Waals surface area contributed by atoms with E-state index < -0.39 is 12.2 Å². The summed E-state index contributed by atoms with van der Waals surface area (Å²) in [5.41, 5.74) is 2.43. The lowest BCUT2D eigenvalue weighted by atomic mass is 9.99. The predicted octanol–water partition coefficient (Wildman–Crippen LogP) is 4.55. The van der Waals surface area contributed by atoms with Crippen LogP contribution in [-0.2, 0) is 4.79 Å². The SMILES string of the molecule is CC1CCN(c2ccc(-c3ccc(NC(=O)C4Oc5ccccc5OC4C)cc3)nn2)CC1. The minimum absolute atomic E-state index is 0.246. The smallest absolute Gasteiger partial charge is 0.269 e. The van der Waals surface area contributed by atoms with E-state index in [1.165, 1.54) is 12.8 Å². The molecule has 1 fully saturated rings. The Labute approximate surface area is 193 Å². The minimum Gasteiger partial charge on any atom is -0.482 e. The van der Waals surface area contributed by atoms with E-state index in [2.05, 4.69) is 27.3 Å². The van der Waals surface area contributed by atoms with Crippen LogP contribution in [-0.4, -0.2) is 41.4 Å². The van der Waals surface area contributed by atoms with Crippen molar-refractivity contribution < 1.29 is 14.3 Å². The lowest BCUT2D eigenvalue weighted by Crippen LogP contribution is -2.46. The van der Waals surface area contributed by atoms with Crippen molar-refractivity contribution in [3.63, 3.8) is 0 Å². The van der Waals surface area contributed by atoms with Crippen molar-refractivity contribution in [1.29, 1.82) is 0 Å². The number of fused-ring (bicyclic) bond motifs is 1. The Hall–Kier alpha value is -3.61. The number of hydrogen-bond acceptors (Lipinski definition) is 6. The van der Waals surface area contributed by atoms with E-state index in [0.29, 0.717) is 17.2 Å². The zero-order chi connectivity index (χ0) is 22.8. The van der Waals surface area contributed by atoms with Crippen molar-refractivity contribution in [1.82, 2.24) is 10.2 Å². The number of hydrogen-bond donors (Lipinski definition) is 1. The van der Waals surface area contributed by atoms with Gasteiger partial charge in [0.15, 0.2) is 17.3 Å². The molecule has 2 aliphatic rings. The average Bonchev–Trinajstić information content (AvgIpc) is 2.85. The van der Waals surface area contributed by atoms with Gasteiger partial charge in [0.2, 0.25) is 6.10 Å². The fraction of sp³-hybridized carbons (Fsp3) is 0.346. The van der Waals surface area contributed by atoms with Crippen LogP contribution < -0.4 is 19.7 Å². The molecule has 33 heavy (non-hydrogen) atoms. The summed E-state index contributed by atoms with van der Waals surface area (Å²) in [7, 11) is 0. The molecule has 1 N–H and O–H groups in total. The second-order valence-corrected chi connectivity index (χ2v) is 8.82. The zero-order valence-corrected chi connectivity index (χ0v) is 18.9. The molecule has 7 nitrogen and oxygen atoms in total. The van der Waals surface area contributed by atoms with Gasteiger partial charge < -0.3 is 19.7 Å². The Balaban J connectivity index is 1.22. The molecule has 5 rings (SSSR count). The highest BCUT2D eigenvalue weighted by Crippen LogP contribution is 2.34. The molecule has 0 aliphatic carbocycles. The lowest BCUT2D eigenvalue weighted by molar-refractivity contribution is -0.128. The summed E-state index contributed by atoms with van der Waals surface area (Å²) in [5.74, 6) is 2.70. The first kappa shape index (κ1) is 21.2. The van der Waals surface area contributed by atoms with Crippen molar-refractivity contribution in [3.8, 4) is 22.8 Å². The highest BCUT2D eigenvalue weighted by Gasteiger charge is 2.34. The molecule has 3 heterocycles. The molecule has 170 valence electrons. The third kappa shape index (κ3) is 4.62. The molecule has 1 saturated heterocycles. The van der Waals surface area contributed by atoms with E-state index in [0.717, 1.165) is 36.1 Å². The number of benzene rings is 2. The largest absolute Gasteiger partial charge is 0.482 e. The average molecular weight is 445 g/mol. The van der Waals surface area contributed by atoms with Gasteiger partial charge in [0, 0.05) is 24.3 Å². The minimum atomic E-state index is -0.726. The molecule has 3 aromatic rings. The predicted molar refractivity (Wildman–Crippen MR) is 128 cm³/mol. The van der Waals surface area contributed by atoms with E-state index in [-0.39, 0.29) is 5.91 Å². The number of para-hydroxylation sites is 2. The molecule has 0 saturated carbocycles. The van der Waals surface area contributed by atoms with Crippen LogP contribution in [0.5, 0.6) is 11.5 Å². The maximum absolute atomic E-state index is 12.8. The van der Waals surface area contributed by atoms with E-state index in [9.17, 15) is 4.79 Å². The molecule has 2 unspecified atom stereocenters. The molecule has 1 aromatic heterocycles. The van der Waals surface area contributed by atoms with Crippen LogP contribution in [0.3, 0.4) is 0 Å². The van der Waals surface area contributed by atoms with Gasteiger partial charge in [-0.25, -0.2) is 0 Å². The summed E-state index contributed by atoms with van der Waals surface area (Å²) in [6.07, 6.45) is 1.27. The van der Waals surface area contributed by atoms with Crippen LogP contribution in [0.2, 0.25) is 0 Å². The number of rotatable bonds is 4. The Morgan fingerprint density at radius 1 is 0.909 bits per heavy atom. The molecule has 1 amide bonds. The Morgan fingerprint density at radius 2 is 1.61 bits per heavy atom. The molecule has 0 radical (unpaired) electrons. The standard InChI is InChI=1S/C26H28N4O3/c1-17-13-15-30(16-14-17)24-12-11-21(28-29-24)19-7-9-20(10-8-19)27-26(31)25-18(2)32-22-5-3-4-6-23(22)33-25/h3-12,17-18,25H,13-16H2,1-2H3,(H,27,31). The summed E-state index contributed by atoms with van der Waals surface area (Å²) in [4.78, 5) is 15.1. The number of carbonyl (C=O) groups excluding carboxylic acids is 1. The first-order valence-electron chi connectivity index (χ1n) is 11.5. The van der Waals surface area contributed by atoms with Gasteiger partial charge in [0.1, 0.15) is 6.10 Å². The highest BCUT2D eigenvalue weighted by molar-refractivity contribution is 5.95. The summed E-state index contributed by atoms with van der Waals surface area (Å²) in [6, 6.07) is 19.0. The van der Waals surface area contributed by atoms with Gasteiger partial charge in [0.25, 0.3) is 5.91 Å². The third-order valence-electron chi connectivity index (χ3n) is 6.31. The molecular formula is C26H28N4O3. The maximum Gasteiger partial charge on any atom is 0.269 e. The monoisotopic (exact) mass is 444 g/mol. The van der Waals surface area contributed by atoms with Crippen molar-refractivity contribution in [3.05, 3.63) is 60.7 Å². The van der Waals surface area contributed by atoms with Crippen molar-refractivity contribution in [2.75, 3.05) is 23.3 Å². The van der Waals surface area contributed by atoms with Crippen LogP contribution in [0.4, 0.5) is 11.5 Å². The molecule has 0 spiro atoms. The number of carbonyl (C=O) groups is 1. The Kier molecular flexibility index (Phi) is 5.86. The fourth-order valence-corrected chi connectivity index (χ4v) is 4.23. The van der Waals surface area contributed by atoms with Gasteiger partial charge in [0.05, 0.1) is 5.69 Å². The van der Waals surface area contributed by atoms with Gasteiger partial charge in [-0.2, -0.15) is 0 Å². The Morgan fingerprint density at radius 3 is 2.27 bits per heavy atom. The third-order valence-corrected chi connectivity index (χ3v) is 6.31. The van der Waals surface area contributed by atoms with Crippen LogP contribution >= 0.6 is 0 Å². The van der Waals surface area contributed by atoms with Crippen molar-refractivity contribution in [2.24, 2.45) is 5.92 Å². The number of nitrogens with zero attached hydrogens (tertiary/aromatic N) is 3.